The van der Waals surface area contributed by atoms with Crippen LogP contribution in [-0.2, 0) is 0 Å². The van der Waals surface area contributed by atoms with Crippen LogP contribution in [0.25, 0.3) is 10.8 Å². The fourth-order valence-electron chi connectivity index (χ4n) is 2.70. The first kappa shape index (κ1) is 15.9. The van der Waals surface area contributed by atoms with E-state index >= 15 is 0 Å². The zero-order valence-electron chi connectivity index (χ0n) is 13.9. The normalized spacial score (nSPS) is 11.5. The monoisotopic (exact) mass is 316 g/mol. The first-order chi connectivity index (χ1) is 11.7. The van der Waals surface area contributed by atoms with Crippen LogP contribution in [0.4, 0.5) is 0 Å². The van der Waals surface area contributed by atoms with Gasteiger partial charge in [0.2, 0.25) is 0 Å². The van der Waals surface area contributed by atoms with Crippen LogP contribution in [0, 0.1) is 6.92 Å². The molecule has 0 saturated carbocycles. The second kappa shape index (κ2) is 7.09. The number of benzene rings is 3. The van der Waals surface area contributed by atoms with E-state index in [2.05, 4.69) is 17.5 Å². The van der Waals surface area contributed by atoms with Gasteiger partial charge in [-0.25, -0.2) is 5.43 Å². The lowest BCUT2D eigenvalue weighted by Gasteiger charge is -2.08. The Morgan fingerprint density at radius 3 is 2.42 bits per heavy atom. The van der Waals surface area contributed by atoms with Crippen LogP contribution >= 0.6 is 0 Å². The average Bonchev–Trinajstić information content (AvgIpc) is 2.63. The van der Waals surface area contributed by atoms with Gasteiger partial charge in [-0.1, -0.05) is 73.2 Å². The van der Waals surface area contributed by atoms with Gasteiger partial charge >= 0.3 is 0 Å². The zero-order valence-corrected chi connectivity index (χ0v) is 13.9. The molecule has 3 nitrogen and oxygen atoms in total. The van der Waals surface area contributed by atoms with Gasteiger partial charge in [0, 0.05) is 5.56 Å². The number of nitrogens with zero attached hydrogens (tertiary/aromatic N) is 1. The molecule has 1 amide bonds. The summed E-state index contributed by atoms with van der Waals surface area (Å²) < 4.78 is 0. The van der Waals surface area contributed by atoms with E-state index in [9.17, 15) is 4.79 Å². The highest BCUT2D eigenvalue weighted by Crippen LogP contribution is 2.18. The first-order valence-electron chi connectivity index (χ1n) is 8.10. The fraction of sp³-hybridized carbons (Fsp3) is 0.143. The topological polar surface area (TPSA) is 41.5 Å². The van der Waals surface area contributed by atoms with Crippen LogP contribution in [0.1, 0.15) is 34.8 Å². The molecule has 0 saturated heterocycles. The molecule has 0 aromatic heterocycles. The Kier molecular flexibility index (Phi) is 4.71. The molecule has 0 radical (unpaired) electrons. The number of fused-ring (bicyclic) bond motifs is 1. The highest BCUT2D eigenvalue weighted by Gasteiger charge is 2.09. The van der Waals surface area contributed by atoms with Gasteiger partial charge in [-0.15, -0.1) is 0 Å². The largest absolute Gasteiger partial charge is 0.272 e. The van der Waals surface area contributed by atoms with Gasteiger partial charge in [-0.05, 0) is 35.7 Å². The lowest BCUT2D eigenvalue weighted by molar-refractivity contribution is 0.0956. The van der Waals surface area contributed by atoms with Crippen LogP contribution in [0.5, 0.6) is 0 Å². The molecule has 3 aromatic carbocycles. The van der Waals surface area contributed by atoms with E-state index in [0.29, 0.717) is 5.56 Å². The fourth-order valence-corrected chi connectivity index (χ4v) is 2.70. The highest BCUT2D eigenvalue weighted by molar-refractivity contribution is 6.08. The second-order valence-electron chi connectivity index (χ2n) is 5.75. The Balaban J connectivity index is 1.86. The van der Waals surface area contributed by atoms with Crippen LogP contribution < -0.4 is 5.43 Å². The second-order valence-corrected chi connectivity index (χ2v) is 5.75. The van der Waals surface area contributed by atoms with E-state index in [4.69, 9.17) is 0 Å². The van der Waals surface area contributed by atoms with Gasteiger partial charge in [0.1, 0.15) is 0 Å². The Hall–Kier alpha value is -2.94. The number of amides is 1. The molecule has 0 fully saturated rings. The summed E-state index contributed by atoms with van der Waals surface area (Å²) in [4.78, 5) is 12.5. The summed E-state index contributed by atoms with van der Waals surface area (Å²) >= 11 is 0. The van der Waals surface area contributed by atoms with Crippen LogP contribution in [-0.4, -0.2) is 11.6 Å². The molecule has 1 N–H and O–H groups in total. The van der Waals surface area contributed by atoms with Crippen molar-refractivity contribution in [2.24, 2.45) is 5.10 Å². The van der Waals surface area contributed by atoms with Gasteiger partial charge < -0.3 is 0 Å². The number of hydrazone groups is 1. The van der Waals surface area contributed by atoms with E-state index in [1.807, 2.05) is 73.7 Å². The average molecular weight is 316 g/mol. The van der Waals surface area contributed by atoms with Crippen LogP contribution in [0.2, 0.25) is 0 Å². The summed E-state index contributed by atoms with van der Waals surface area (Å²) in [6.07, 6.45) is 0.749. The van der Waals surface area contributed by atoms with Crippen LogP contribution in [0.3, 0.4) is 0 Å². The molecule has 3 aromatic rings. The van der Waals surface area contributed by atoms with Crippen molar-refractivity contribution in [3.8, 4) is 0 Å². The molecular weight excluding hydrogens is 296 g/mol. The molecule has 24 heavy (non-hydrogen) atoms. The van der Waals surface area contributed by atoms with Crippen molar-refractivity contribution < 1.29 is 4.79 Å². The van der Waals surface area contributed by atoms with E-state index in [-0.39, 0.29) is 5.91 Å². The van der Waals surface area contributed by atoms with Gasteiger partial charge in [0.25, 0.3) is 5.91 Å². The molecular formula is C21H20N2O. The van der Waals surface area contributed by atoms with E-state index in [0.717, 1.165) is 28.5 Å². The molecule has 0 atom stereocenters. The number of hydrogen-bond donors (Lipinski definition) is 1. The number of hydrogen-bond acceptors (Lipinski definition) is 2. The summed E-state index contributed by atoms with van der Waals surface area (Å²) in [5.74, 6) is -0.190. The smallest absolute Gasteiger partial charge is 0.267 e. The molecule has 3 heteroatoms. The molecule has 0 aliphatic heterocycles. The molecule has 0 aliphatic carbocycles. The zero-order chi connectivity index (χ0) is 16.9. The number of rotatable bonds is 4. The highest BCUT2D eigenvalue weighted by atomic mass is 16.2. The van der Waals surface area contributed by atoms with Crippen molar-refractivity contribution in [2.45, 2.75) is 20.3 Å². The minimum absolute atomic E-state index is 0.190. The summed E-state index contributed by atoms with van der Waals surface area (Å²) in [6.45, 7) is 4.08. The van der Waals surface area contributed by atoms with Crippen molar-refractivity contribution in [2.75, 3.05) is 0 Å². The summed E-state index contributed by atoms with van der Waals surface area (Å²) in [5, 5.41) is 6.32. The van der Waals surface area contributed by atoms with Gasteiger partial charge in [-0.2, -0.15) is 5.10 Å². The Bertz CT molecular complexity index is 890. The molecule has 0 bridgehead atoms. The van der Waals surface area contributed by atoms with E-state index < -0.39 is 0 Å². The lowest BCUT2D eigenvalue weighted by Crippen LogP contribution is -2.20. The summed E-state index contributed by atoms with van der Waals surface area (Å²) in [7, 11) is 0. The molecule has 0 spiro atoms. The minimum atomic E-state index is -0.190. The third-order valence-corrected chi connectivity index (χ3v) is 4.05. The van der Waals surface area contributed by atoms with Crippen molar-refractivity contribution in [3.05, 3.63) is 83.4 Å². The molecule has 120 valence electrons. The third-order valence-electron chi connectivity index (χ3n) is 4.05. The van der Waals surface area contributed by atoms with Crippen molar-refractivity contribution in [1.82, 2.24) is 5.43 Å². The maximum absolute atomic E-state index is 12.5. The standard InChI is InChI=1S/C21H20N2O/c1-3-20(17-13-11-15(2)12-14-17)22-23-21(24)19-10-6-8-16-7-4-5-9-18(16)19/h4-14H,3H2,1-2H3,(H,23,24). The van der Waals surface area contributed by atoms with Crippen molar-refractivity contribution in [3.63, 3.8) is 0 Å². The van der Waals surface area contributed by atoms with E-state index in [1.54, 1.807) is 0 Å². The molecule has 0 unspecified atom stereocenters. The maximum atomic E-state index is 12.5. The first-order valence-corrected chi connectivity index (χ1v) is 8.10. The van der Waals surface area contributed by atoms with Gasteiger partial charge in [-0.3, -0.25) is 4.79 Å². The van der Waals surface area contributed by atoms with Gasteiger partial charge in [0.05, 0.1) is 5.71 Å². The Labute approximate surface area is 142 Å². The minimum Gasteiger partial charge on any atom is -0.267 e. The Morgan fingerprint density at radius 2 is 1.67 bits per heavy atom. The van der Waals surface area contributed by atoms with Crippen molar-refractivity contribution >= 4 is 22.4 Å². The van der Waals surface area contributed by atoms with Gasteiger partial charge in [0.15, 0.2) is 0 Å². The van der Waals surface area contributed by atoms with Crippen LogP contribution in [0.15, 0.2) is 71.8 Å². The van der Waals surface area contributed by atoms with Crippen molar-refractivity contribution in [1.29, 1.82) is 0 Å². The lowest BCUT2D eigenvalue weighted by atomic mass is 10.0. The quantitative estimate of drug-likeness (QED) is 0.550. The molecule has 0 aliphatic rings. The number of carbonyl (C=O) groups excluding carboxylic acids is 1. The predicted octanol–water partition coefficient (Wildman–Crippen LogP) is 4.69. The Morgan fingerprint density at radius 1 is 0.958 bits per heavy atom. The summed E-state index contributed by atoms with van der Waals surface area (Å²) in [6, 6.07) is 21.7. The number of carbonyl (C=O) groups is 1. The number of nitrogens with one attached hydrogen (secondary N) is 1. The molecule has 0 heterocycles. The maximum Gasteiger partial charge on any atom is 0.272 e. The third kappa shape index (κ3) is 3.35. The summed E-state index contributed by atoms with van der Waals surface area (Å²) in [5.41, 5.74) is 6.44. The number of aryl methyl sites for hydroxylation is 1. The predicted molar refractivity (Wildman–Crippen MR) is 99.4 cm³/mol. The molecule has 3 rings (SSSR count). The van der Waals surface area contributed by atoms with E-state index in [1.165, 1.54) is 5.56 Å². The SMILES string of the molecule is CCC(=NNC(=O)c1cccc2ccccc12)c1ccc(C)cc1.